The first-order chi connectivity index (χ1) is 15.2. The summed E-state index contributed by atoms with van der Waals surface area (Å²) in [5, 5.41) is 10.0. The Bertz CT molecular complexity index is 683. The number of β-amino-alcohol motifs (C(OH)–C–C–N with tert-alkyl or cyclic N) is 1. The molecule has 2 atom stereocenters. The van der Waals surface area contributed by atoms with Crippen molar-refractivity contribution in [3.63, 3.8) is 0 Å². The zero-order chi connectivity index (χ0) is 23.6. The Labute approximate surface area is 184 Å². The highest BCUT2D eigenvalue weighted by atomic mass is 19.3. The lowest BCUT2D eigenvalue weighted by Crippen LogP contribution is -2.51. The predicted molar refractivity (Wildman–Crippen MR) is 108 cm³/mol. The summed E-state index contributed by atoms with van der Waals surface area (Å²) < 4.78 is 65.5. The first-order valence-corrected chi connectivity index (χ1v) is 10.3. The number of alkyl halides is 4. The Balaban J connectivity index is 1.85. The van der Waals surface area contributed by atoms with Gasteiger partial charge in [0.15, 0.2) is 0 Å². The minimum absolute atomic E-state index is 0.102. The molecule has 182 valence electrons. The fraction of sp³-hybridized carbons (Fsp3) is 0.667. The van der Waals surface area contributed by atoms with E-state index in [1.165, 1.54) is 0 Å². The Morgan fingerprint density at radius 2 is 2.06 bits per heavy atom. The van der Waals surface area contributed by atoms with Gasteiger partial charge < -0.3 is 24.2 Å². The fourth-order valence-electron chi connectivity index (χ4n) is 3.29. The number of methoxy groups -OCH3 is 1. The van der Waals surface area contributed by atoms with Crippen LogP contribution in [0.1, 0.15) is 10.4 Å². The third-order valence-corrected chi connectivity index (χ3v) is 4.91. The summed E-state index contributed by atoms with van der Waals surface area (Å²) in [6.45, 7) is 0.444. The molecule has 1 fully saturated rings. The van der Waals surface area contributed by atoms with Gasteiger partial charge in [-0.05, 0) is 12.1 Å². The number of carbonyl (C=O) groups excluding carboxylic acids is 1. The number of benzene rings is 1. The van der Waals surface area contributed by atoms with Crippen molar-refractivity contribution in [3.8, 4) is 0 Å². The Kier molecular flexibility index (Phi) is 10.8. The number of halogens is 4. The number of ether oxygens (including phenoxy) is 3. The molecule has 0 spiro atoms. The van der Waals surface area contributed by atoms with Gasteiger partial charge in [0.2, 0.25) is 0 Å². The number of rotatable bonds is 13. The van der Waals surface area contributed by atoms with E-state index in [-0.39, 0.29) is 18.6 Å². The van der Waals surface area contributed by atoms with E-state index in [1.807, 2.05) is 11.0 Å². The van der Waals surface area contributed by atoms with Crippen molar-refractivity contribution in [2.45, 2.75) is 24.6 Å². The topological polar surface area (TPSA) is 71.5 Å². The summed E-state index contributed by atoms with van der Waals surface area (Å²) in [6.07, 6.45) is -5.28. The van der Waals surface area contributed by atoms with Crippen LogP contribution in [0, 0.1) is 0 Å². The summed E-state index contributed by atoms with van der Waals surface area (Å²) in [5.41, 5.74) is 0.546. The average molecular weight is 466 g/mol. The van der Waals surface area contributed by atoms with Gasteiger partial charge in [-0.1, -0.05) is 18.2 Å². The second-order valence-electron chi connectivity index (χ2n) is 7.59. The molecule has 0 radical (unpaired) electrons. The summed E-state index contributed by atoms with van der Waals surface area (Å²) in [5.74, 6) is -4.41. The SMILES string of the molecule is COCCN(CC1CN(CC(O)COCC(F)(F)C(F)F)CCO1)C(=O)c1ccccc1. The van der Waals surface area contributed by atoms with Crippen LogP contribution in [0.15, 0.2) is 30.3 Å². The molecule has 1 heterocycles. The zero-order valence-corrected chi connectivity index (χ0v) is 18.0. The smallest absolute Gasteiger partial charge is 0.330 e. The van der Waals surface area contributed by atoms with Crippen LogP contribution in [0.4, 0.5) is 17.6 Å². The molecule has 7 nitrogen and oxygen atoms in total. The minimum Gasteiger partial charge on any atom is -0.389 e. The summed E-state index contributed by atoms with van der Waals surface area (Å²) in [4.78, 5) is 16.4. The van der Waals surface area contributed by atoms with Crippen molar-refractivity contribution in [3.05, 3.63) is 35.9 Å². The summed E-state index contributed by atoms with van der Waals surface area (Å²) in [6, 6.07) is 8.83. The molecular formula is C21H30F4N2O5. The number of aliphatic hydroxyl groups excluding tert-OH is 1. The lowest BCUT2D eigenvalue weighted by molar-refractivity contribution is -0.171. The van der Waals surface area contributed by atoms with Crippen LogP contribution in [0.5, 0.6) is 0 Å². The molecule has 0 saturated carbocycles. The second-order valence-corrected chi connectivity index (χ2v) is 7.59. The molecule has 1 aromatic rings. The van der Waals surface area contributed by atoms with Crippen LogP contribution in [0.25, 0.3) is 0 Å². The van der Waals surface area contributed by atoms with Gasteiger partial charge >= 0.3 is 12.3 Å². The lowest BCUT2D eigenvalue weighted by Gasteiger charge is -2.36. The lowest BCUT2D eigenvalue weighted by atomic mass is 10.1. The van der Waals surface area contributed by atoms with E-state index in [9.17, 15) is 27.5 Å². The third-order valence-electron chi connectivity index (χ3n) is 4.91. The van der Waals surface area contributed by atoms with Crippen molar-refractivity contribution in [1.29, 1.82) is 0 Å². The molecule has 1 aliphatic heterocycles. The molecule has 1 amide bonds. The largest absolute Gasteiger partial charge is 0.389 e. The van der Waals surface area contributed by atoms with Crippen LogP contribution >= 0.6 is 0 Å². The maximum atomic E-state index is 12.9. The molecule has 0 aromatic heterocycles. The van der Waals surface area contributed by atoms with Crippen molar-refractivity contribution in [2.24, 2.45) is 0 Å². The van der Waals surface area contributed by atoms with E-state index in [0.29, 0.717) is 45.0 Å². The van der Waals surface area contributed by atoms with E-state index in [2.05, 4.69) is 4.74 Å². The molecular weight excluding hydrogens is 436 g/mol. The molecule has 2 rings (SSSR count). The summed E-state index contributed by atoms with van der Waals surface area (Å²) >= 11 is 0. The number of aliphatic hydroxyl groups is 1. The van der Waals surface area contributed by atoms with Gasteiger partial charge in [0.1, 0.15) is 6.61 Å². The number of carbonyl (C=O) groups is 1. The fourth-order valence-corrected chi connectivity index (χ4v) is 3.29. The first-order valence-electron chi connectivity index (χ1n) is 10.3. The Hall–Kier alpha value is -1.79. The number of amides is 1. The van der Waals surface area contributed by atoms with Crippen LogP contribution < -0.4 is 0 Å². The van der Waals surface area contributed by atoms with Gasteiger partial charge in [-0.15, -0.1) is 0 Å². The van der Waals surface area contributed by atoms with Crippen LogP contribution in [0.3, 0.4) is 0 Å². The third kappa shape index (κ3) is 8.62. The number of morpholine rings is 1. The number of hydrogen-bond donors (Lipinski definition) is 1. The van der Waals surface area contributed by atoms with Crippen molar-refractivity contribution < 1.29 is 41.7 Å². The number of nitrogens with zero attached hydrogens (tertiary/aromatic N) is 2. The van der Waals surface area contributed by atoms with Gasteiger partial charge in [0.25, 0.3) is 5.91 Å². The van der Waals surface area contributed by atoms with Crippen LogP contribution in [0.2, 0.25) is 0 Å². The van der Waals surface area contributed by atoms with E-state index in [4.69, 9.17) is 9.47 Å². The Morgan fingerprint density at radius 1 is 1.34 bits per heavy atom. The highest BCUT2D eigenvalue weighted by molar-refractivity contribution is 5.94. The van der Waals surface area contributed by atoms with Crippen molar-refractivity contribution in [1.82, 2.24) is 9.80 Å². The van der Waals surface area contributed by atoms with Crippen LogP contribution in [-0.2, 0) is 14.2 Å². The van der Waals surface area contributed by atoms with Crippen molar-refractivity contribution in [2.75, 3.05) is 66.3 Å². The van der Waals surface area contributed by atoms with Gasteiger partial charge in [0, 0.05) is 45.4 Å². The maximum Gasteiger partial charge on any atom is 0.330 e. The number of hydrogen-bond acceptors (Lipinski definition) is 6. The normalized spacial score (nSPS) is 18.7. The molecule has 2 unspecified atom stereocenters. The Morgan fingerprint density at radius 3 is 2.72 bits per heavy atom. The van der Waals surface area contributed by atoms with Gasteiger partial charge in [-0.2, -0.15) is 8.78 Å². The van der Waals surface area contributed by atoms with E-state index >= 15 is 0 Å². The van der Waals surface area contributed by atoms with Crippen LogP contribution in [-0.4, -0.2) is 112 Å². The van der Waals surface area contributed by atoms with Gasteiger partial charge in [0.05, 0.1) is 32.0 Å². The van der Waals surface area contributed by atoms with Gasteiger partial charge in [-0.3, -0.25) is 9.69 Å². The van der Waals surface area contributed by atoms with Crippen molar-refractivity contribution >= 4 is 5.91 Å². The predicted octanol–water partition coefficient (Wildman–Crippen LogP) is 1.75. The molecule has 1 N–H and O–H groups in total. The van der Waals surface area contributed by atoms with E-state index < -0.39 is 31.7 Å². The first kappa shape index (κ1) is 26.5. The molecule has 1 aromatic carbocycles. The van der Waals surface area contributed by atoms with Gasteiger partial charge in [-0.25, -0.2) is 8.78 Å². The van der Waals surface area contributed by atoms with E-state index in [0.717, 1.165) is 0 Å². The molecule has 1 aliphatic rings. The molecule has 11 heteroatoms. The maximum absolute atomic E-state index is 12.9. The highest BCUT2D eigenvalue weighted by Gasteiger charge is 2.41. The monoisotopic (exact) mass is 466 g/mol. The molecule has 32 heavy (non-hydrogen) atoms. The standard InChI is InChI=1S/C21H30F4N2O5/c1-30-9-8-27(19(29)16-5-3-2-4-6-16)13-18-12-26(7-10-32-18)11-17(28)14-31-15-21(24,25)20(22)23/h2-6,17-18,20,28H,7-15H2,1H3. The minimum atomic E-state index is -4.25. The molecule has 1 saturated heterocycles. The molecule has 0 aliphatic carbocycles. The summed E-state index contributed by atoms with van der Waals surface area (Å²) in [7, 11) is 1.55. The van der Waals surface area contributed by atoms with E-state index in [1.54, 1.807) is 36.3 Å². The highest BCUT2D eigenvalue weighted by Crippen LogP contribution is 2.23. The average Bonchev–Trinajstić information content (AvgIpc) is 2.76. The molecule has 0 bridgehead atoms. The zero-order valence-electron chi connectivity index (χ0n) is 18.0. The second kappa shape index (κ2) is 13.0. The quantitative estimate of drug-likeness (QED) is 0.447.